The minimum atomic E-state index is -0.312. The SMILES string of the molecule is COc1ccc(Br)cc1C(=O)Nc1ccc(C(=O)OC2CCCCC2)cc1. The number of carbonyl (C=O) groups is 2. The van der Waals surface area contributed by atoms with Crippen molar-refractivity contribution in [3.05, 3.63) is 58.1 Å². The maximum absolute atomic E-state index is 12.5. The predicted octanol–water partition coefficient (Wildman–Crippen LogP) is 5.20. The van der Waals surface area contributed by atoms with Gasteiger partial charge in [0, 0.05) is 10.2 Å². The van der Waals surface area contributed by atoms with Gasteiger partial charge in [0.25, 0.3) is 5.91 Å². The molecule has 142 valence electrons. The number of carbonyl (C=O) groups excluding carboxylic acids is 2. The lowest BCUT2D eigenvalue weighted by Crippen LogP contribution is -2.21. The van der Waals surface area contributed by atoms with Crippen molar-refractivity contribution in [1.82, 2.24) is 0 Å². The van der Waals surface area contributed by atoms with Gasteiger partial charge in [-0.15, -0.1) is 0 Å². The Morgan fingerprint density at radius 3 is 2.41 bits per heavy atom. The van der Waals surface area contributed by atoms with E-state index in [0.29, 0.717) is 22.6 Å². The Balaban J connectivity index is 1.64. The van der Waals surface area contributed by atoms with Crippen molar-refractivity contribution in [2.45, 2.75) is 38.2 Å². The molecule has 1 aliphatic carbocycles. The number of methoxy groups -OCH3 is 1. The first-order valence-corrected chi connectivity index (χ1v) is 9.82. The summed E-state index contributed by atoms with van der Waals surface area (Å²) in [5.74, 6) is -0.109. The van der Waals surface area contributed by atoms with E-state index >= 15 is 0 Å². The molecule has 27 heavy (non-hydrogen) atoms. The Hall–Kier alpha value is -2.34. The molecule has 1 aliphatic rings. The number of esters is 1. The number of hydrogen-bond acceptors (Lipinski definition) is 4. The van der Waals surface area contributed by atoms with Crippen LogP contribution in [0, 0.1) is 0 Å². The van der Waals surface area contributed by atoms with Crippen molar-refractivity contribution in [2.75, 3.05) is 12.4 Å². The van der Waals surface area contributed by atoms with Crippen molar-refractivity contribution in [1.29, 1.82) is 0 Å². The standard InChI is InChI=1S/C21H22BrNO4/c1-26-19-12-9-15(22)13-18(19)20(24)23-16-10-7-14(8-11-16)21(25)27-17-5-3-2-4-6-17/h7-13,17H,2-6H2,1H3,(H,23,24). The third-order valence-corrected chi connectivity index (χ3v) is 5.10. The number of anilines is 1. The molecule has 0 saturated heterocycles. The molecule has 0 atom stereocenters. The Morgan fingerprint density at radius 2 is 1.74 bits per heavy atom. The molecule has 0 bridgehead atoms. The summed E-state index contributed by atoms with van der Waals surface area (Å²) in [5, 5.41) is 2.82. The van der Waals surface area contributed by atoms with Crippen LogP contribution in [0.25, 0.3) is 0 Å². The van der Waals surface area contributed by atoms with Crippen LogP contribution in [0.5, 0.6) is 5.75 Å². The fourth-order valence-electron chi connectivity index (χ4n) is 3.15. The lowest BCUT2D eigenvalue weighted by molar-refractivity contribution is 0.0211. The Bertz CT molecular complexity index is 813. The molecule has 5 nitrogen and oxygen atoms in total. The fourth-order valence-corrected chi connectivity index (χ4v) is 3.51. The van der Waals surface area contributed by atoms with Crippen LogP contribution in [0.4, 0.5) is 5.69 Å². The average Bonchev–Trinajstić information content (AvgIpc) is 2.69. The van der Waals surface area contributed by atoms with Crippen LogP contribution in [0.15, 0.2) is 46.9 Å². The van der Waals surface area contributed by atoms with E-state index in [-0.39, 0.29) is 18.0 Å². The van der Waals surface area contributed by atoms with Gasteiger partial charge < -0.3 is 14.8 Å². The number of ether oxygens (including phenoxy) is 2. The van der Waals surface area contributed by atoms with Gasteiger partial charge in [0.05, 0.1) is 18.2 Å². The van der Waals surface area contributed by atoms with Gasteiger partial charge in [-0.05, 0) is 68.1 Å². The maximum atomic E-state index is 12.5. The highest BCUT2D eigenvalue weighted by molar-refractivity contribution is 9.10. The van der Waals surface area contributed by atoms with Gasteiger partial charge in [0.2, 0.25) is 0 Å². The molecule has 6 heteroatoms. The van der Waals surface area contributed by atoms with E-state index in [1.54, 1.807) is 36.4 Å². The van der Waals surface area contributed by atoms with E-state index in [1.807, 2.05) is 6.07 Å². The van der Waals surface area contributed by atoms with Crippen LogP contribution in [0.2, 0.25) is 0 Å². The van der Waals surface area contributed by atoms with Crippen molar-refractivity contribution in [3.8, 4) is 5.75 Å². The smallest absolute Gasteiger partial charge is 0.338 e. The lowest BCUT2D eigenvalue weighted by atomic mass is 9.98. The van der Waals surface area contributed by atoms with E-state index in [9.17, 15) is 9.59 Å². The molecule has 2 aromatic rings. The van der Waals surface area contributed by atoms with E-state index in [0.717, 1.165) is 30.2 Å². The maximum Gasteiger partial charge on any atom is 0.338 e. The van der Waals surface area contributed by atoms with Crippen molar-refractivity contribution in [3.63, 3.8) is 0 Å². The summed E-state index contributed by atoms with van der Waals surface area (Å²) in [4.78, 5) is 24.8. The zero-order valence-corrected chi connectivity index (χ0v) is 16.8. The molecular weight excluding hydrogens is 410 g/mol. The summed E-state index contributed by atoms with van der Waals surface area (Å²) in [7, 11) is 1.52. The van der Waals surface area contributed by atoms with Crippen molar-refractivity contribution >= 4 is 33.5 Å². The van der Waals surface area contributed by atoms with Gasteiger partial charge in [0.15, 0.2) is 0 Å². The van der Waals surface area contributed by atoms with Crippen LogP contribution in [0.3, 0.4) is 0 Å². The molecule has 0 radical (unpaired) electrons. The van der Waals surface area contributed by atoms with E-state index < -0.39 is 0 Å². The monoisotopic (exact) mass is 431 g/mol. The summed E-state index contributed by atoms with van der Waals surface area (Å²) in [6.07, 6.45) is 5.34. The van der Waals surface area contributed by atoms with Gasteiger partial charge in [-0.1, -0.05) is 22.4 Å². The highest BCUT2D eigenvalue weighted by Crippen LogP contribution is 2.25. The molecule has 0 aliphatic heterocycles. The molecule has 0 heterocycles. The number of rotatable bonds is 5. The number of amides is 1. The largest absolute Gasteiger partial charge is 0.496 e. The minimum Gasteiger partial charge on any atom is -0.496 e. The van der Waals surface area contributed by atoms with E-state index in [2.05, 4.69) is 21.2 Å². The summed E-state index contributed by atoms with van der Waals surface area (Å²) < 4.78 is 11.6. The summed E-state index contributed by atoms with van der Waals surface area (Å²) >= 11 is 3.36. The highest BCUT2D eigenvalue weighted by Gasteiger charge is 2.19. The second kappa shape index (κ2) is 9.04. The van der Waals surface area contributed by atoms with Gasteiger partial charge in [0.1, 0.15) is 11.9 Å². The number of halogens is 1. The van der Waals surface area contributed by atoms with Gasteiger partial charge in [-0.25, -0.2) is 4.79 Å². The van der Waals surface area contributed by atoms with Crippen LogP contribution in [-0.2, 0) is 4.74 Å². The normalized spacial score (nSPS) is 14.4. The van der Waals surface area contributed by atoms with E-state index in [4.69, 9.17) is 9.47 Å². The number of nitrogens with one attached hydrogen (secondary N) is 1. The summed E-state index contributed by atoms with van der Waals surface area (Å²) in [5.41, 5.74) is 1.50. The Morgan fingerprint density at radius 1 is 1.04 bits per heavy atom. The first-order valence-electron chi connectivity index (χ1n) is 9.03. The predicted molar refractivity (Wildman–Crippen MR) is 107 cm³/mol. The second-order valence-corrected chi connectivity index (χ2v) is 7.46. The van der Waals surface area contributed by atoms with Gasteiger partial charge in [-0.2, -0.15) is 0 Å². The Kier molecular flexibility index (Phi) is 6.50. The fraction of sp³-hybridized carbons (Fsp3) is 0.333. The van der Waals surface area contributed by atoms with Gasteiger partial charge in [-0.3, -0.25) is 4.79 Å². The quantitative estimate of drug-likeness (QED) is 0.660. The third kappa shape index (κ3) is 5.10. The highest BCUT2D eigenvalue weighted by atomic mass is 79.9. The van der Waals surface area contributed by atoms with Crippen molar-refractivity contribution < 1.29 is 19.1 Å². The molecule has 3 rings (SSSR count). The molecule has 1 fully saturated rings. The molecule has 0 aromatic heterocycles. The summed E-state index contributed by atoms with van der Waals surface area (Å²) in [6.45, 7) is 0. The Labute approximate surface area is 167 Å². The van der Waals surface area contributed by atoms with Crippen LogP contribution in [0.1, 0.15) is 52.8 Å². The van der Waals surface area contributed by atoms with Crippen LogP contribution >= 0.6 is 15.9 Å². The molecule has 1 amide bonds. The number of benzene rings is 2. The topological polar surface area (TPSA) is 64.6 Å². The van der Waals surface area contributed by atoms with E-state index in [1.165, 1.54) is 13.5 Å². The minimum absolute atomic E-state index is 0.0228. The average molecular weight is 432 g/mol. The third-order valence-electron chi connectivity index (χ3n) is 4.61. The summed E-state index contributed by atoms with van der Waals surface area (Å²) in [6, 6.07) is 12.0. The molecule has 0 spiro atoms. The molecular formula is C21H22BrNO4. The van der Waals surface area contributed by atoms with Crippen LogP contribution < -0.4 is 10.1 Å². The van der Waals surface area contributed by atoms with Crippen LogP contribution in [-0.4, -0.2) is 25.1 Å². The zero-order valence-electron chi connectivity index (χ0n) is 15.2. The first kappa shape index (κ1) is 19.4. The van der Waals surface area contributed by atoms with Crippen molar-refractivity contribution in [2.24, 2.45) is 0 Å². The zero-order chi connectivity index (χ0) is 19.2. The molecule has 1 N–H and O–H groups in total. The van der Waals surface area contributed by atoms with Gasteiger partial charge >= 0.3 is 5.97 Å². The lowest BCUT2D eigenvalue weighted by Gasteiger charge is -2.21. The molecule has 2 aromatic carbocycles. The molecule has 0 unspecified atom stereocenters. The second-order valence-electron chi connectivity index (χ2n) is 6.54. The first-order chi connectivity index (χ1) is 13.1. The number of hydrogen-bond donors (Lipinski definition) is 1. The molecule has 1 saturated carbocycles.